The van der Waals surface area contributed by atoms with Crippen molar-refractivity contribution in [2.24, 2.45) is 4.99 Å². The van der Waals surface area contributed by atoms with Gasteiger partial charge in [0.05, 0.1) is 27.0 Å². The zero-order chi connectivity index (χ0) is 22.1. The summed E-state index contributed by atoms with van der Waals surface area (Å²) in [6.07, 6.45) is 1.47. The summed E-state index contributed by atoms with van der Waals surface area (Å²) < 4.78 is 15.8. The van der Waals surface area contributed by atoms with Gasteiger partial charge in [0, 0.05) is 24.0 Å². The topological polar surface area (TPSA) is 97.1 Å². The van der Waals surface area contributed by atoms with Crippen LogP contribution in [0.4, 0.5) is 11.4 Å². The van der Waals surface area contributed by atoms with Gasteiger partial charge in [0.25, 0.3) is 5.91 Å². The first kappa shape index (κ1) is 21.8. The van der Waals surface area contributed by atoms with Gasteiger partial charge in [-0.3, -0.25) is 4.79 Å². The molecule has 8 heteroatoms. The van der Waals surface area contributed by atoms with E-state index in [1.165, 1.54) is 6.26 Å². The number of anilines is 2. The van der Waals surface area contributed by atoms with Crippen molar-refractivity contribution in [2.45, 2.75) is 13.5 Å². The van der Waals surface area contributed by atoms with Crippen molar-refractivity contribution in [1.29, 1.82) is 0 Å². The minimum atomic E-state index is -0.297. The maximum atomic E-state index is 12.2. The molecule has 162 valence electrons. The Bertz CT molecular complexity index is 1030. The van der Waals surface area contributed by atoms with E-state index in [9.17, 15) is 4.79 Å². The van der Waals surface area contributed by atoms with Crippen LogP contribution in [0.1, 0.15) is 23.0 Å². The van der Waals surface area contributed by atoms with Crippen molar-refractivity contribution in [1.82, 2.24) is 5.32 Å². The van der Waals surface area contributed by atoms with Crippen LogP contribution in [0.3, 0.4) is 0 Å². The number of amides is 1. The SMILES string of the molecule is CCNC(=NCc1cccc(NC(=O)c2ccco2)c1)Nc1ccc(OC)c(OC)c1. The van der Waals surface area contributed by atoms with Gasteiger partial charge in [0.2, 0.25) is 0 Å². The second-order valence-electron chi connectivity index (χ2n) is 6.52. The minimum absolute atomic E-state index is 0.261. The third-order valence-electron chi connectivity index (χ3n) is 4.34. The van der Waals surface area contributed by atoms with E-state index in [1.807, 2.05) is 49.4 Å². The van der Waals surface area contributed by atoms with Gasteiger partial charge in [0.1, 0.15) is 0 Å². The van der Waals surface area contributed by atoms with Gasteiger partial charge >= 0.3 is 0 Å². The molecule has 0 unspecified atom stereocenters. The Kier molecular flexibility index (Phi) is 7.53. The Hall–Kier alpha value is -3.94. The Morgan fingerprint density at radius 2 is 1.77 bits per heavy atom. The number of nitrogens with zero attached hydrogens (tertiary/aromatic N) is 1. The summed E-state index contributed by atoms with van der Waals surface area (Å²) in [6.45, 7) is 3.13. The third-order valence-corrected chi connectivity index (χ3v) is 4.34. The van der Waals surface area contributed by atoms with E-state index < -0.39 is 0 Å². The van der Waals surface area contributed by atoms with Gasteiger partial charge in [-0.15, -0.1) is 0 Å². The van der Waals surface area contributed by atoms with Gasteiger partial charge in [-0.05, 0) is 48.9 Å². The summed E-state index contributed by atoms with van der Waals surface area (Å²) in [5.41, 5.74) is 2.44. The summed E-state index contributed by atoms with van der Waals surface area (Å²) in [5.74, 6) is 1.87. The molecule has 31 heavy (non-hydrogen) atoms. The number of rotatable bonds is 8. The second-order valence-corrected chi connectivity index (χ2v) is 6.52. The van der Waals surface area contributed by atoms with E-state index in [0.717, 1.165) is 11.3 Å². The monoisotopic (exact) mass is 422 g/mol. The van der Waals surface area contributed by atoms with Crippen molar-refractivity contribution in [3.05, 3.63) is 72.2 Å². The predicted molar refractivity (Wildman–Crippen MR) is 121 cm³/mol. The largest absolute Gasteiger partial charge is 0.493 e. The summed E-state index contributed by atoms with van der Waals surface area (Å²) >= 11 is 0. The van der Waals surface area contributed by atoms with Gasteiger partial charge in [-0.2, -0.15) is 0 Å². The van der Waals surface area contributed by atoms with Crippen LogP contribution in [-0.4, -0.2) is 32.6 Å². The van der Waals surface area contributed by atoms with Crippen LogP contribution < -0.4 is 25.4 Å². The molecule has 3 aromatic rings. The highest BCUT2D eigenvalue weighted by Gasteiger charge is 2.09. The number of furan rings is 1. The molecule has 0 aliphatic carbocycles. The molecule has 2 aromatic carbocycles. The lowest BCUT2D eigenvalue weighted by atomic mass is 10.2. The number of ether oxygens (including phenoxy) is 2. The number of benzene rings is 2. The summed E-state index contributed by atoms with van der Waals surface area (Å²) in [5, 5.41) is 9.30. The second kappa shape index (κ2) is 10.7. The van der Waals surface area contributed by atoms with E-state index in [4.69, 9.17) is 13.9 Å². The molecule has 0 atom stereocenters. The number of carbonyl (C=O) groups is 1. The molecule has 0 bridgehead atoms. The van der Waals surface area contributed by atoms with E-state index in [0.29, 0.717) is 36.2 Å². The quantitative estimate of drug-likeness (QED) is 0.373. The average molecular weight is 422 g/mol. The standard InChI is InChI=1S/C23H26N4O4/c1-4-24-23(27-18-10-11-19(29-2)21(14-18)30-3)25-15-16-7-5-8-17(13-16)26-22(28)20-9-6-12-31-20/h5-14H,4,15H2,1-3H3,(H,26,28)(H2,24,25,27). The van der Waals surface area contributed by atoms with Gasteiger partial charge in [0.15, 0.2) is 23.2 Å². The van der Waals surface area contributed by atoms with Crippen LogP contribution in [0, 0.1) is 0 Å². The van der Waals surface area contributed by atoms with E-state index >= 15 is 0 Å². The maximum absolute atomic E-state index is 12.2. The molecule has 1 heterocycles. The molecule has 0 fully saturated rings. The van der Waals surface area contributed by atoms with Gasteiger partial charge in [-0.1, -0.05) is 12.1 Å². The fourth-order valence-corrected chi connectivity index (χ4v) is 2.88. The van der Waals surface area contributed by atoms with Crippen molar-refractivity contribution < 1.29 is 18.7 Å². The van der Waals surface area contributed by atoms with Crippen molar-refractivity contribution in [2.75, 3.05) is 31.4 Å². The smallest absolute Gasteiger partial charge is 0.291 e. The fourth-order valence-electron chi connectivity index (χ4n) is 2.88. The average Bonchev–Trinajstić information content (AvgIpc) is 3.33. The molecular formula is C23H26N4O4. The Morgan fingerprint density at radius 1 is 0.968 bits per heavy atom. The lowest BCUT2D eigenvalue weighted by molar-refractivity contribution is 0.0996. The van der Waals surface area contributed by atoms with E-state index in [1.54, 1.807) is 26.4 Å². The number of guanidine groups is 1. The van der Waals surface area contributed by atoms with Gasteiger partial charge < -0.3 is 29.8 Å². The van der Waals surface area contributed by atoms with E-state index in [2.05, 4.69) is 20.9 Å². The summed E-state index contributed by atoms with van der Waals surface area (Å²) in [6, 6.07) is 16.4. The fraction of sp³-hybridized carbons (Fsp3) is 0.217. The molecule has 8 nitrogen and oxygen atoms in total. The Balaban J connectivity index is 1.69. The highest BCUT2D eigenvalue weighted by atomic mass is 16.5. The molecule has 1 aromatic heterocycles. The maximum Gasteiger partial charge on any atom is 0.291 e. The van der Waals surface area contributed by atoms with Crippen LogP contribution in [0.2, 0.25) is 0 Å². The molecule has 0 aliphatic heterocycles. The molecule has 3 rings (SSSR count). The zero-order valence-corrected chi connectivity index (χ0v) is 17.8. The number of methoxy groups -OCH3 is 2. The van der Waals surface area contributed by atoms with Crippen LogP contribution in [0.15, 0.2) is 70.3 Å². The number of hydrogen-bond donors (Lipinski definition) is 3. The van der Waals surface area contributed by atoms with Crippen molar-refractivity contribution >= 4 is 23.2 Å². The van der Waals surface area contributed by atoms with Crippen LogP contribution in [0.25, 0.3) is 0 Å². The zero-order valence-electron chi connectivity index (χ0n) is 17.8. The van der Waals surface area contributed by atoms with E-state index in [-0.39, 0.29) is 11.7 Å². The lowest BCUT2D eigenvalue weighted by Crippen LogP contribution is -2.30. The number of nitrogens with one attached hydrogen (secondary N) is 3. The number of hydrogen-bond acceptors (Lipinski definition) is 5. The number of aliphatic imine (C=N–C) groups is 1. The minimum Gasteiger partial charge on any atom is -0.493 e. The predicted octanol–water partition coefficient (Wildman–Crippen LogP) is 4.13. The molecular weight excluding hydrogens is 396 g/mol. The summed E-state index contributed by atoms with van der Waals surface area (Å²) in [7, 11) is 3.19. The first-order valence-corrected chi connectivity index (χ1v) is 9.84. The summed E-state index contributed by atoms with van der Waals surface area (Å²) in [4.78, 5) is 16.8. The molecule has 1 amide bonds. The highest BCUT2D eigenvalue weighted by Crippen LogP contribution is 2.29. The molecule has 0 radical (unpaired) electrons. The number of carbonyl (C=O) groups excluding carboxylic acids is 1. The lowest BCUT2D eigenvalue weighted by Gasteiger charge is -2.14. The van der Waals surface area contributed by atoms with Crippen LogP contribution in [0.5, 0.6) is 11.5 Å². The first-order valence-electron chi connectivity index (χ1n) is 9.84. The Morgan fingerprint density at radius 3 is 2.48 bits per heavy atom. The van der Waals surface area contributed by atoms with Crippen LogP contribution in [-0.2, 0) is 6.54 Å². The molecule has 0 saturated carbocycles. The molecule has 0 saturated heterocycles. The molecule has 0 aliphatic rings. The molecule has 3 N–H and O–H groups in total. The van der Waals surface area contributed by atoms with Crippen LogP contribution >= 0.6 is 0 Å². The third kappa shape index (κ3) is 6.02. The van der Waals surface area contributed by atoms with Crippen molar-refractivity contribution in [3.63, 3.8) is 0 Å². The first-order chi connectivity index (χ1) is 15.1. The highest BCUT2D eigenvalue weighted by molar-refractivity contribution is 6.02. The Labute approximate surface area is 181 Å². The van der Waals surface area contributed by atoms with Gasteiger partial charge in [-0.25, -0.2) is 4.99 Å². The van der Waals surface area contributed by atoms with Crippen molar-refractivity contribution in [3.8, 4) is 11.5 Å². The normalized spacial score (nSPS) is 11.0. The molecule has 0 spiro atoms.